The first kappa shape index (κ1) is 14.6. The zero-order valence-corrected chi connectivity index (χ0v) is 9.66. The Morgan fingerprint density at radius 1 is 1.25 bits per heavy atom. The monoisotopic (exact) mass is 226 g/mol. The average molecular weight is 226 g/mol. The van der Waals surface area contributed by atoms with E-state index in [4.69, 9.17) is 9.47 Å². The normalized spacial score (nSPS) is 9.56. The maximum atomic E-state index is 10.8. The molecule has 90 valence electrons. The molecule has 16 heavy (non-hydrogen) atoms. The predicted octanol–water partition coefficient (Wildman–Crippen LogP) is 1.66. The molecular weight excluding hydrogens is 208 g/mol. The summed E-state index contributed by atoms with van der Waals surface area (Å²) in [4.78, 5) is 21.4. The second-order valence-electron chi connectivity index (χ2n) is 3.29. The first-order valence-electron chi connectivity index (χ1n) is 5.13. The highest BCUT2D eigenvalue weighted by atomic mass is 16.5. The average Bonchev–Trinajstić information content (AvgIpc) is 2.26. The van der Waals surface area contributed by atoms with Crippen LogP contribution in [0.1, 0.15) is 19.8 Å². The zero-order valence-electron chi connectivity index (χ0n) is 9.66. The van der Waals surface area contributed by atoms with E-state index < -0.39 is 5.97 Å². The fourth-order valence-corrected chi connectivity index (χ4v) is 0.835. The quantitative estimate of drug-likeness (QED) is 0.341. The van der Waals surface area contributed by atoms with Gasteiger partial charge in [-0.2, -0.15) is 0 Å². The SMILES string of the molecule is C=CC(=O)OCCCCOCC(=C)C(C)=O. The van der Waals surface area contributed by atoms with Crippen LogP contribution in [0.5, 0.6) is 0 Å². The second kappa shape index (κ2) is 8.85. The Labute approximate surface area is 95.9 Å². The van der Waals surface area contributed by atoms with Gasteiger partial charge in [0.05, 0.1) is 13.2 Å². The molecule has 0 bridgehead atoms. The van der Waals surface area contributed by atoms with E-state index in [1.165, 1.54) is 6.92 Å². The fourth-order valence-electron chi connectivity index (χ4n) is 0.835. The summed E-state index contributed by atoms with van der Waals surface area (Å²) in [7, 11) is 0. The number of carbonyl (C=O) groups excluding carboxylic acids is 2. The summed E-state index contributed by atoms with van der Waals surface area (Å²) in [5, 5.41) is 0. The fraction of sp³-hybridized carbons (Fsp3) is 0.500. The van der Waals surface area contributed by atoms with Crippen LogP contribution in [0, 0.1) is 0 Å². The molecule has 0 atom stereocenters. The number of Topliss-reactive ketones (excluding diaryl/α,β-unsaturated/α-hetero) is 1. The molecule has 0 fully saturated rings. The van der Waals surface area contributed by atoms with Gasteiger partial charge >= 0.3 is 5.97 Å². The number of unbranched alkanes of at least 4 members (excludes halogenated alkanes) is 1. The molecule has 4 heteroatoms. The van der Waals surface area contributed by atoms with Crippen LogP contribution in [0.4, 0.5) is 0 Å². The van der Waals surface area contributed by atoms with Gasteiger partial charge in [-0.15, -0.1) is 0 Å². The lowest BCUT2D eigenvalue weighted by Gasteiger charge is -2.04. The molecule has 0 saturated heterocycles. The Kier molecular flexibility index (Phi) is 8.07. The van der Waals surface area contributed by atoms with Crippen LogP contribution in [-0.4, -0.2) is 31.6 Å². The number of esters is 1. The molecule has 0 aromatic heterocycles. The molecule has 4 nitrogen and oxygen atoms in total. The minimum Gasteiger partial charge on any atom is -0.463 e. The topological polar surface area (TPSA) is 52.6 Å². The number of hydrogen-bond acceptors (Lipinski definition) is 4. The molecule has 0 radical (unpaired) electrons. The standard InChI is InChI=1S/C12H18O4/c1-4-12(14)16-8-6-5-7-15-9-10(2)11(3)13/h4H,1-2,5-9H2,3H3. The minimum atomic E-state index is -0.411. The smallest absolute Gasteiger partial charge is 0.330 e. The number of ether oxygens (including phenoxy) is 2. The molecule has 0 heterocycles. The van der Waals surface area contributed by atoms with Crippen LogP contribution in [0.3, 0.4) is 0 Å². The van der Waals surface area contributed by atoms with Crippen LogP contribution in [0.25, 0.3) is 0 Å². The first-order valence-corrected chi connectivity index (χ1v) is 5.13. The summed E-state index contributed by atoms with van der Waals surface area (Å²) < 4.78 is 9.98. The second-order valence-corrected chi connectivity index (χ2v) is 3.29. The van der Waals surface area contributed by atoms with Crippen LogP contribution < -0.4 is 0 Å². The third-order valence-corrected chi connectivity index (χ3v) is 1.87. The van der Waals surface area contributed by atoms with Crippen molar-refractivity contribution in [2.24, 2.45) is 0 Å². The summed E-state index contributed by atoms with van der Waals surface area (Å²) in [5.41, 5.74) is 0.470. The Morgan fingerprint density at radius 2 is 1.88 bits per heavy atom. The molecule has 0 N–H and O–H groups in total. The van der Waals surface area contributed by atoms with E-state index in [2.05, 4.69) is 13.2 Å². The highest BCUT2D eigenvalue weighted by Gasteiger charge is 2.00. The molecule has 0 aliphatic heterocycles. The maximum absolute atomic E-state index is 10.8. The van der Waals surface area contributed by atoms with Gasteiger partial charge in [-0.05, 0) is 19.8 Å². The summed E-state index contributed by atoms with van der Waals surface area (Å²) in [6.07, 6.45) is 2.63. The summed E-state index contributed by atoms with van der Waals surface area (Å²) in [6.45, 7) is 9.46. The van der Waals surface area contributed by atoms with Crippen LogP contribution in [-0.2, 0) is 19.1 Å². The number of hydrogen-bond donors (Lipinski definition) is 0. The molecule has 0 aromatic carbocycles. The first-order chi connectivity index (χ1) is 7.57. The summed E-state index contributed by atoms with van der Waals surface area (Å²) in [6, 6.07) is 0. The summed E-state index contributed by atoms with van der Waals surface area (Å²) in [5.74, 6) is -0.467. The predicted molar refractivity (Wildman–Crippen MR) is 61.0 cm³/mol. The van der Waals surface area contributed by atoms with Gasteiger partial charge in [0.15, 0.2) is 5.78 Å². The van der Waals surface area contributed by atoms with E-state index in [0.29, 0.717) is 18.8 Å². The van der Waals surface area contributed by atoms with Gasteiger partial charge in [-0.3, -0.25) is 4.79 Å². The van der Waals surface area contributed by atoms with Gasteiger partial charge in [0, 0.05) is 18.3 Å². The zero-order chi connectivity index (χ0) is 12.4. The third-order valence-electron chi connectivity index (χ3n) is 1.87. The van der Waals surface area contributed by atoms with Crippen molar-refractivity contribution >= 4 is 11.8 Å². The van der Waals surface area contributed by atoms with Gasteiger partial charge in [0.1, 0.15) is 0 Å². The van der Waals surface area contributed by atoms with E-state index >= 15 is 0 Å². The lowest BCUT2D eigenvalue weighted by atomic mass is 10.2. The number of ketones is 1. The molecular formula is C12H18O4. The van der Waals surface area contributed by atoms with Gasteiger partial charge in [-0.1, -0.05) is 13.2 Å². The molecule has 0 spiro atoms. The summed E-state index contributed by atoms with van der Waals surface area (Å²) >= 11 is 0. The molecule has 0 rings (SSSR count). The minimum absolute atomic E-state index is 0.0556. The lowest BCUT2D eigenvalue weighted by Crippen LogP contribution is -2.07. The van der Waals surface area contributed by atoms with Crippen LogP contribution in [0.2, 0.25) is 0 Å². The molecule has 0 saturated carbocycles. The largest absolute Gasteiger partial charge is 0.463 e. The Hall–Kier alpha value is -1.42. The number of carbonyl (C=O) groups is 2. The van der Waals surface area contributed by atoms with Gasteiger partial charge in [-0.25, -0.2) is 4.79 Å². The van der Waals surface area contributed by atoms with Crippen LogP contribution in [0.15, 0.2) is 24.8 Å². The van der Waals surface area contributed by atoms with Gasteiger partial charge < -0.3 is 9.47 Å². The van der Waals surface area contributed by atoms with E-state index in [-0.39, 0.29) is 12.4 Å². The highest BCUT2D eigenvalue weighted by molar-refractivity contribution is 5.92. The third kappa shape index (κ3) is 7.94. The number of rotatable bonds is 9. The van der Waals surface area contributed by atoms with Crippen molar-refractivity contribution in [3.63, 3.8) is 0 Å². The van der Waals surface area contributed by atoms with Crippen LogP contribution >= 0.6 is 0 Å². The molecule has 0 amide bonds. The van der Waals surface area contributed by atoms with E-state index in [0.717, 1.165) is 18.9 Å². The Morgan fingerprint density at radius 3 is 2.44 bits per heavy atom. The van der Waals surface area contributed by atoms with Crippen molar-refractivity contribution in [3.05, 3.63) is 24.8 Å². The van der Waals surface area contributed by atoms with E-state index in [1.807, 2.05) is 0 Å². The Balaban J connectivity index is 3.28. The van der Waals surface area contributed by atoms with E-state index in [1.54, 1.807) is 0 Å². The van der Waals surface area contributed by atoms with Crippen molar-refractivity contribution in [1.29, 1.82) is 0 Å². The van der Waals surface area contributed by atoms with Crippen molar-refractivity contribution in [2.75, 3.05) is 19.8 Å². The van der Waals surface area contributed by atoms with Crippen molar-refractivity contribution < 1.29 is 19.1 Å². The van der Waals surface area contributed by atoms with Gasteiger partial charge in [0.25, 0.3) is 0 Å². The molecule has 0 aromatic rings. The van der Waals surface area contributed by atoms with E-state index in [9.17, 15) is 9.59 Å². The highest BCUT2D eigenvalue weighted by Crippen LogP contribution is 1.96. The lowest BCUT2D eigenvalue weighted by molar-refractivity contribution is -0.137. The molecule has 0 aliphatic rings. The Bertz CT molecular complexity index is 268. The molecule has 0 unspecified atom stereocenters. The van der Waals surface area contributed by atoms with Crippen molar-refractivity contribution in [1.82, 2.24) is 0 Å². The van der Waals surface area contributed by atoms with Crippen molar-refractivity contribution in [2.45, 2.75) is 19.8 Å². The van der Waals surface area contributed by atoms with Crippen molar-refractivity contribution in [3.8, 4) is 0 Å². The molecule has 0 aliphatic carbocycles. The maximum Gasteiger partial charge on any atom is 0.330 e. The van der Waals surface area contributed by atoms with Gasteiger partial charge in [0.2, 0.25) is 0 Å².